The van der Waals surface area contributed by atoms with Gasteiger partial charge in [0.1, 0.15) is 6.07 Å². The van der Waals surface area contributed by atoms with Crippen LogP contribution in [0.25, 0.3) is 0 Å². The van der Waals surface area contributed by atoms with E-state index in [2.05, 4.69) is 0 Å². The van der Waals surface area contributed by atoms with E-state index in [4.69, 9.17) is 22.6 Å². The number of halogens is 1. The number of primary amides is 1. The van der Waals surface area contributed by atoms with Gasteiger partial charge in [0.2, 0.25) is 5.91 Å². The first kappa shape index (κ1) is 9.56. The maximum atomic E-state index is 10.5. The molecule has 0 saturated heterocycles. The van der Waals surface area contributed by atoms with Gasteiger partial charge in [-0.3, -0.25) is 4.79 Å². The first-order chi connectivity index (χ1) is 6.13. The predicted octanol–water partition coefficient (Wildman–Crippen LogP) is 1.24. The highest BCUT2D eigenvalue weighted by Gasteiger charge is 2.02. The summed E-state index contributed by atoms with van der Waals surface area (Å²) in [5.74, 6) is -0.416. The van der Waals surface area contributed by atoms with Crippen molar-refractivity contribution in [2.24, 2.45) is 5.73 Å². The van der Waals surface area contributed by atoms with Crippen molar-refractivity contribution in [2.45, 2.75) is 6.42 Å². The second-order valence-corrected chi connectivity index (χ2v) is 2.98. The summed E-state index contributed by atoms with van der Waals surface area (Å²) in [6.07, 6.45) is 0.144. The molecule has 66 valence electrons. The molecule has 0 heterocycles. The molecule has 1 aromatic carbocycles. The van der Waals surface area contributed by atoms with Crippen molar-refractivity contribution in [3.8, 4) is 6.07 Å². The van der Waals surface area contributed by atoms with Gasteiger partial charge in [-0.25, -0.2) is 0 Å². The number of benzene rings is 1. The van der Waals surface area contributed by atoms with E-state index in [0.29, 0.717) is 10.6 Å². The molecule has 4 heteroatoms. The highest BCUT2D eigenvalue weighted by Crippen LogP contribution is 2.16. The Kier molecular flexibility index (Phi) is 2.88. The third-order valence-corrected chi connectivity index (χ3v) is 1.85. The Morgan fingerprint density at radius 2 is 2.31 bits per heavy atom. The molecule has 0 unspecified atom stereocenters. The van der Waals surface area contributed by atoms with E-state index in [1.165, 1.54) is 0 Å². The van der Waals surface area contributed by atoms with Crippen LogP contribution in [-0.4, -0.2) is 5.91 Å². The monoisotopic (exact) mass is 194 g/mol. The molecule has 0 aliphatic heterocycles. The maximum Gasteiger partial charge on any atom is 0.221 e. The number of amides is 1. The summed E-state index contributed by atoms with van der Waals surface area (Å²) in [4.78, 5) is 10.5. The SMILES string of the molecule is N#Cc1ccc(CC(N)=O)cc1Cl. The van der Waals surface area contributed by atoms with Crippen molar-refractivity contribution in [3.05, 3.63) is 34.3 Å². The van der Waals surface area contributed by atoms with Gasteiger partial charge in [0.25, 0.3) is 0 Å². The third-order valence-electron chi connectivity index (χ3n) is 1.53. The fraction of sp³-hybridized carbons (Fsp3) is 0.111. The zero-order chi connectivity index (χ0) is 9.84. The molecule has 1 aromatic rings. The van der Waals surface area contributed by atoms with E-state index in [0.717, 1.165) is 5.56 Å². The molecule has 1 amide bonds. The molecule has 0 fully saturated rings. The largest absolute Gasteiger partial charge is 0.369 e. The van der Waals surface area contributed by atoms with Crippen LogP contribution in [0.5, 0.6) is 0 Å². The van der Waals surface area contributed by atoms with Crippen LogP contribution in [0.1, 0.15) is 11.1 Å². The van der Waals surface area contributed by atoms with Crippen molar-refractivity contribution in [2.75, 3.05) is 0 Å². The minimum Gasteiger partial charge on any atom is -0.369 e. The second-order valence-electron chi connectivity index (χ2n) is 2.57. The lowest BCUT2D eigenvalue weighted by Crippen LogP contribution is -2.13. The van der Waals surface area contributed by atoms with Crippen LogP contribution in [0.2, 0.25) is 5.02 Å². The third kappa shape index (κ3) is 2.46. The van der Waals surface area contributed by atoms with Crippen LogP contribution in [0.4, 0.5) is 0 Å². The average molecular weight is 195 g/mol. The predicted molar refractivity (Wildman–Crippen MR) is 49.1 cm³/mol. The molecule has 2 N–H and O–H groups in total. The minimum absolute atomic E-state index is 0.144. The number of hydrogen-bond acceptors (Lipinski definition) is 2. The number of nitrogens with two attached hydrogens (primary N) is 1. The van der Waals surface area contributed by atoms with Gasteiger partial charge in [0.05, 0.1) is 17.0 Å². The van der Waals surface area contributed by atoms with Gasteiger partial charge in [-0.05, 0) is 17.7 Å². The van der Waals surface area contributed by atoms with Crippen LogP contribution < -0.4 is 5.73 Å². The number of hydrogen-bond donors (Lipinski definition) is 1. The summed E-state index contributed by atoms with van der Waals surface area (Å²) in [5.41, 5.74) is 6.12. The molecule has 0 spiro atoms. The van der Waals surface area contributed by atoms with E-state index in [9.17, 15) is 4.79 Å². The fourth-order valence-electron chi connectivity index (χ4n) is 0.960. The lowest BCUT2D eigenvalue weighted by molar-refractivity contribution is -0.117. The summed E-state index contributed by atoms with van der Waals surface area (Å²) in [6, 6.07) is 6.73. The van der Waals surface area contributed by atoms with Gasteiger partial charge in [0.15, 0.2) is 0 Å². The van der Waals surface area contributed by atoms with E-state index in [-0.39, 0.29) is 6.42 Å². The molecule has 3 nitrogen and oxygen atoms in total. The van der Waals surface area contributed by atoms with Crippen LogP contribution in [0, 0.1) is 11.3 Å². The lowest BCUT2D eigenvalue weighted by Gasteiger charge is -1.99. The Morgan fingerprint density at radius 3 is 2.77 bits per heavy atom. The van der Waals surface area contributed by atoms with E-state index >= 15 is 0 Å². The number of rotatable bonds is 2. The summed E-state index contributed by atoms with van der Waals surface area (Å²) in [6.45, 7) is 0. The van der Waals surface area contributed by atoms with Crippen molar-refractivity contribution in [1.82, 2.24) is 0 Å². The lowest BCUT2D eigenvalue weighted by atomic mass is 10.1. The zero-order valence-corrected chi connectivity index (χ0v) is 7.51. The summed E-state index contributed by atoms with van der Waals surface area (Å²) in [5, 5.41) is 8.91. The molecule has 1 rings (SSSR count). The molecule has 0 aliphatic carbocycles. The number of nitriles is 1. The van der Waals surface area contributed by atoms with Crippen LogP contribution in [-0.2, 0) is 11.2 Å². The highest BCUT2D eigenvalue weighted by atomic mass is 35.5. The zero-order valence-electron chi connectivity index (χ0n) is 6.75. The molecular formula is C9H7ClN2O. The van der Waals surface area contributed by atoms with Crippen molar-refractivity contribution >= 4 is 17.5 Å². The number of carbonyl (C=O) groups is 1. The first-order valence-electron chi connectivity index (χ1n) is 3.60. The summed E-state index contributed by atoms with van der Waals surface area (Å²) >= 11 is 5.74. The maximum absolute atomic E-state index is 10.5. The van der Waals surface area contributed by atoms with Crippen LogP contribution >= 0.6 is 11.6 Å². The normalized spacial score (nSPS) is 9.23. The topological polar surface area (TPSA) is 66.9 Å². The Labute approximate surface area is 80.7 Å². The molecule has 0 saturated carbocycles. The molecule has 0 radical (unpaired) electrons. The van der Waals surface area contributed by atoms with Gasteiger partial charge < -0.3 is 5.73 Å². The minimum atomic E-state index is -0.416. The molecule has 13 heavy (non-hydrogen) atoms. The van der Waals surface area contributed by atoms with Crippen molar-refractivity contribution in [3.63, 3.8) is 0 Å². The smallest absolute Gasteiger partial charge is 0.221 e. The van der Waals surface area contributed by atoms with Gasteiger partial charge in [-0.2, -0.15) is 5.26 Å². The molecule has 0 aliphatic rings. The Bertz CT molecular complexity index is 382. The van der Waals surface area contributed by atoms with Crippen molar-refractivity contribution in [1.29, 1.82) is 5.26 Å². The molecule has 0 aromatic heterocycles. The Morgan fingerprint density at radius 1 is 1.62 bits per heavy atom. The molecule has 0 bridgehead atoms. The first-order valence-corrected chi connectivity index (χ1v) is 3.98. The number of carbonyl (C=O) groups excluding carboxylic acids is 1. The quantitative estimate of drug-likeness (QED) is 0.770. The highest BCUT2D eigenvalue weighted by molar-refractivity contribution is 6.31. The molecule has 0 atom stereocenters. The van der Waals surface area contributed by atoms with Gasteiger partial charge in [0, 0.05) is 0 Å². The van der Waals surface area contributed by atoms with Gasteiger partial charge in [-0.15, -0.1) is 0 Å². The van der Waals surface area contributed by atoms with Crippen LogP contribution in [0.15, 0.2) is 18.2 Å². The summed E-state index contributed by atoms with van der Waals surface area (Å²) in [7, 11) is 0. The second kappa shape index (κ2) is 3.92. The van der Waals surface area contributed by atoms with Crippen LogP contribution in [0.3, 0.4) is 0 Å². The Balaban J connectivity index is 2.97. The van der Waals surface area contributed by atoms with E-state index < -0.39 is 5.91 Å². The standard InChI is InChI=1S/C9H7ClN2O/c10-8-3-6(4-9(12)13)1-2-7(8)5-11/h1-3H,4H2,(H2,12,13). The molecular weight excluding hydrogens is 188 g/mol. The van der Waals surface area contributed by atoms with Gasteiger partial charge >= 0.3 is 0 Å². The Hall–Kier alpha value is -1.53. The number of nitrogens with zero attached hydrogens (tertiary/aromatic N) is 1. The summed E-state index contributed by atoms with van der Waals surface area (Å²) < 4.78 is 0. The van der Waals surface area contributed by atoms with Crippen molar-refractivity contribution < 1.29 is 4.79 Å². The van der Waals surface area contributed by atoms with E-state index in [1.54, 1.807) is 18.2 Å². The fourth-order valence-corrected chi connectivity index (χ4v) is 1.21. The van der Waals surface area contributed by atoms with E-state index in [1.807, 2.05) is 6.07 Å². The average Bonchev–Trinajstić information content (AvgIpc) is 2.03. The van der Waals surface area contributed by atoms with Gasteiger partial charge in [-0.1, -0.05) is 17.7 Å².